The molecule has 0 N–H and O–H groups in total. The maximum Gasteiger partial charge on any atom is 0.313 e. The van der Waals surface area contributed by atoms with Crippen LogP contribution in [0.3, 0.4) is 0 Å². The lowest BCUT2D eigenvalue weighted by atomic mass is 9.90. The molecule has 1 aliphatic heterocycles. The van der Waals surface area contributed by atoms with Gasteiger partial charge >= 0.3 is 5.97 Å². The summed E-state index contributed by atoms with van der Waals surface area (Å²) in [4.78, 5) is 26.0. The van der Waals surface area contributed by atoms with Crippen LogP contribution in [0.4, 0.5) is 0 Å². The van der Waals surface area contributed by atoms with E-state index in [0.29, 0.717) is 31.7 Å². The molecule has 1 heterocycles. The highest BCUT2D eigenvalue weighted by atomic mass is 16.5. The molecule has 1 amide bonds. The SMILES string of the molecule is COCc1cccc(C(=O)N2CC[C@](C)(C(=O)OC)C2)c1. The molecule has 0 saturated carbocycles. The Bertz CT molecular complexity index is 543. The number of likely N-dealkylation sites (tertiary alicyclic amines) is 1. The number of nitrogens with zero attached hydrogens (tertiary/aromatic N) is 1. The maximum absolute atomic E-state index is 12.5. The Balaban J connectivity index is 2.11. The molecule has 2 rings (SSSR count). The first-order valence-electron chi connectivity index (χ1n) is 6.96. The van der Waals surface area contributed by atoms with Crippen LogP contribution in [0, 0.1) is 5.41 Å². The molecular weight excluding hydrogens is 270 g/mol. The molecule has 1 atom stereocenters. The number of rotatable bonds is 4. The molecule has 0 unspecified atom stereocenters. The highest BCUT2D eigenvalue weighted by Crippen LogP contribution is 2.32. The minimum Gasteiger partial charge on any atom is -0.469 e. The molecule has 0 radical (unpaired) electrons. The number of carbonyl (C=O) groups excluding carboxylic acids is 2. The van der Waals surface area contributed by atoms with Gasteiger partial charge in [0.05, 0.1) is 19.1 Å². The molecule has 1 aromatic rings. The predicted octanol–water partition coefficient (Wildman–Crippen LogP) is 1.86. The van der Waals surface area contributed by atoms with Gasteiger partial charge in [0.2, 0.25) is 0 Å². The first-order valence-corrected chi connectivity index (χ1v) is 6.96. The molecule has 1 aromatic carbocycles. The molecule has 5 nitrogen and oxygen atoms in total. The Kier molecular flexibility index (Phi) is 4.63. The monoisotopic (exact) mass is 291 g/mol. The van der Waals surface area contributed by atoms with Crippen molar-refractivity contribution in [3.63, 3.8) is 0 Å². The zero-order chi connectivity index (χ0) is 15.5. The molecule has 5 heteroatoms. The summed E-state index contributed by atoms with van der Waals surface area (Å²) in [5, 5.41) is 0. The van der Waals surface area contributed by atoms with Gasteiger partial charge in [-0.3, -0.25) is 9.59 Å². The van der Waals surface area contributed by atoms with Crippen molar-refractivity contribution in [2.75, 3.05) is 27.3 Å². The summed E-state index contributed by atoms with van der Waals surface area (Å²) in [5.41, 5.74) is 0.978. The zero-order valence-corrected chi connectivity index (χ0v) is 12.7. The maximum atomic E-state index is 12.5. The average molecular weight is 291 g/mol. The molecule has 114 valence electrons. The smallest absolute Gasteiger partial charge is 0.313 e. The first kappa shape index (κ1) is 15.5. The Morgan fingerprint density at radius 3 is 2.76 bits per heavy atom. The van der Waals surface area contributed by atoms with E-state index in [4.69, 9.17) is 9.47 Å². The van der Waals surface area contributed by atoms with Crippen molar-refractivity contribution in [3.05, 3.63) is 35.4 Å². The van der Waals surface area contributed by atoms with Gasteiger partial charge in [-0.15, -0.1) is 0 Å². The van der Waals surface area contributed by atoms with Crippen molar-refractivity contribution in [2.24, 2.45) is 5.41 Å². The Morgan fingerprint density at radius 1 is 1.33 bits per heavy atom. The van der Waals surface area contributed by atoms with Crippen molar-refractivity contribution in [1.82, 2.24) is 4.90 Å². The minimum atomic E-state index is -0.603. The fourth-order valence-corrected chi connectivity index (χ4v) is 2.69. The average Bonchev–Trinajstić information content (AvgIpc) is 2.90. The van der Waals surface area contributed by atoms with Crippen molar-refractivity contribution in [3.8, 4) is 0 Å². The van der Waals surface area contributed by atoms with Crippen molar-refractivity contribution < 1.29 is 19.1 Å². The lowest BCUT2D eigenvalue weighted by molar-refractivity contribution is -0.150. The highest BCUT2D eigenvalue weighted by molar-refractivity contribution is 5.95. The molecule has 0 spiro atoms. The van der Waals surface area contributed by atoms with E-state index in [1.807, 2.05) is 25.1 Å². The fourth-order valence-electron chi connectivity index (χ4n) is 2.69. The van der Waals surface area contributed by atoms with Gasteiger partial charge in [-0.25, -0.2) is 0 Å². The lowest BCUT2D eigenvalue weighted by Gasteiger charge is -2.22. The van der Waals surface area contributed by atoms with Gasteiger partial charge in [0.1, 0.15) is 0 Å². The van der Waals surface area contributed by atoms with Gasteiger partial charge in [-0.05, 0) is 31.0 Å². The van der Waals surface area contributed by atoms with Crippen LogP contribution in [0.15, 0.2) is 24.3 Å². The molecule has 0 aliphatic carbocycles. The second kappa shape index (κ2) is 6.26. The third-order valence-electron chi connectivity index (χ3n) is 3.92. The summed E-state index contributed by atoms with van der Waals surface area (Å²) in [6.45, 7) is 3.28. The van der Waals surface area contributed by atoms with Crippen molar-refractivity contribution in [1.29, 1.82) is 0 Å². The minimum absolute atomic E-state index is 0.0550. The van der Waals surface area contributed by atoms with Gasteiger partial charge in [0.25, 0.3) is 5.91 Å². The highest BCUT2D eigenvalue weighted by Gasteiger charge is 2.43. The quantitative estimate of drug-likeness (QED) is 0.795. The summed E-state index contributed by atoms with van der Waals surface area (Å²) in [5.74, 6) is -0.313. The summed E-state index contributed by atoms with van der Waals surface area (Å²) in [6.07, 6.45) is 0.628. The van der Waals surface area contributed by atoms with Crippen LogP contribution in [0.2, 0.25) is 0 Å². The molecule has 1 fully saturated rings. The van der Waals surface area contributed by atoms with Gasteiger partial charge in [-0.2, -0.15) is 0 Å². The van der Waals surface area contributed by atoms with Crippen LogP contribution in [0.1, 0.15) is 29.3 Å². The normalized spacial score (nSPS) is 21.4. The van der Waals surface area contributed by atoms with E-state index in [1.54, 1.807) is 18.1 Å². The molecule has 1 aliphatic rings. The summed E-state index contributed by atoms with van der Waals surface area (Å²) >= 11 is 0. The molecule has 21 heavy (non-hydrogen) atoms. The van der Waals surface area contributed by atoms with Crippen LogP contribution < -0.4 is 0 Å². The molecule has 0 aromatic heterocycles. The first-order chi connectivity index (χ1) is 10.00. The van der Waals surface area contributed by atoms with Crippen molar-refractivity contribution in [2.45, 2.75) is 20.0 Å². The lowest BCUT2D eigenvalue weighted by Crippen LogP contribution is -2.35. The van der Waals surface area contributed by atoms with Gasteiger partial charge < -0.3 is 14.4 Å². The number of esters is 1. The van der Waals surface area contributed by atoms with E-state index >= 15 is 0 Å². The second-order valence-electron chi connectivity index (χ2n) is 5.66. The zero-order valence-electron chi connectivity index (χ0n) is 12.7. The van der Waals surface area contributed by atoms with Gasteiger partial charge in [0.15, 0.2) is 0 Å². The topological polar surface area (TPSA) is 55.8 Å². The van der Waals surface area contributed by atoms with Crippen LogP contribution in [-0.2, 0) is 20.9 Å². The van der Waals surface area contributed by atoms with E-state index in [-0.39, 0.29) is 11.9 Å². The van der Waals surface area contributed by atoms with Crippen LogP contribution in [0.5, 0.6) is 0 Å². The van der Waals surface area contributed by atoms with Crippen LogP contribution >= 0.6 is 0 Å². The van der Waals surface area contributed by atoms with Gasteiger partial charge in [-0.1, -0.05) is 12.1 Å². The predicted molar refractivity (Wildman–Crippen MR) is 77.8 cm³/mol. The standard InChI is InChI=1S/C16H21NO4/c1-16(15(19)21-3)7-8-17(11-16)14(18)13-6-4-5-12(9-13)10-20-2/h4-6,9H,7-8,10-11H2,1-3H3/t16-/m0/s1. The van der Waals surface area contributed by atoms with E-state index in [0.717, 1.165) is 5.56 Å². The number of hydrogen-bond donors (Lipinski definition) is 0. The van der Waals surface area contributed by atoms with E-state index in [2.05, 4.69) is 0 Å². The Hall–Kier alpha value is -1.88. The van der Waals surface area contributed by atoms with Crippen LogP contribution in [-0.4, -0.2) is 44.1 Å². The molecule has 0 bridgehead atoms. The number of hydrogen-bond acceptors (Lipinski definition) is 4. The summed E-state index contributed by atoms with van der Waals surface area (Å²) in [7, 11) is 3.00. The van der Waals surface area contributed by atoms with Crippen LogP contribution in [0.25, 0.3) is 0 Å². The number of benzene rings is 1. The second-order valence-corrected chi connectivity index (χ2v) is 5.66. The van der Waals surface area contributed by atoms with E-state index in [1.165, 1.54) is 7.11 Å². The third-order valence-corrected chi connectivity index (χ3v) is 3.92. The van der Waals surface area contributed by atoms with Gasteiger partial charge in [0, 0.05) is 25.8 Å². The number of methoxy groups -OCH3 is 2. The molecular formula is C16H21NO4. The summed E-state index contributed by atoms with van der Waals surface area (Å²) in [6, 6.07) is 7.38. The fraction of sp³-hybridized carbons (Fsp3) is 0.500. The Labute approximate surface area is 124 Å². The Morgan fingerprint density at radius 2 is 2.10 bits per heavy atom. The number of amides is 1. The largest absolute Gasteiger partial charge is 0.469 e. The number of carbonyl (C=O) groups is 2. The van der Waals surface area contributed by atoms with E-state index in [9.17, 15) is 9.59 Å². The summed E-state index contributed by atoms with van der Waals surface area (Å²) < 4.78 is 9.91. The molecule has 1 saturated heterocycles. The van der Waals surface area contributed by atoms with Crippen molar-refractivity contribution >= 4 is 11.9 Å². The number of ether oxygens (including phenoxy) is 2. The van der Waals surface area contributed by atoms with E-state index < -0.39 is 5.41 Å². The third kappa shape index (κ3) is 3.24.